The Hall–Kier alpha value is -3.40. The summed E-state index contributed by atoms with van der Waals surface area (Å²) in [5.41, 5.74) is 1.35. The molecule has 1 fully saturated rings. The van der Waals surface area contributed by atoms with E-state index in [-0.39, 0.29) is 10.8 Å². The van der Waals surface area contributed by atoms with Gasteiger partial charge in [-0.05, 0) is 55.3 Å². The molecule has 1 saturated heterocycles. The number of amides is 1. The number of pyridine rings is 1. The number of piperidine rings is 1. The van der Waals surface area contributed by atoms with Gasteiger partial charge in [0.15, 0.2) is 0 Å². The van der Waals surface area contributed by atoms with E-state index >= 15 is 0 Å². The van der Waals surface area contributed by atoms with E-state index < -0.39 is 15.6 Å². The van der Waals surface area contributed by atoms with Gasteiger partial charge in [-0.15, -0.1) is 0 Å². The summed E-state index contributed by atoms with van der Waals surface area (Å²) >= 11 is 6.27. The van der Waals surface area contributed by atoms with Crippen molar-refractivity contribution in [2.24, 2.45) is 0 Å². The van der Waals surface area contributed by atoms with Crippen LogP contribution in [0.15, 0.2) is 78.0 Å². The highest BCUT2D eigenvalue weighted by atomic mass is 35.5. The molecule has 0 radical (unpaired) electrons. The number of hydrogen-bond acceptors (Lipinski definition) is 5. The largest absolute Gasteiger partial charge is 0.385 e. The minimum atomic E-state index is -3.87. The molecule has 0 aliphatic carbocycles. The molecule has 8 nitrogen and oxygen atoms in total. The summed E-state index contributed by atoms with van der Waals surface area (Å²) < 4.78 is 28.3. The Labute approximate surface area is 207 Å². The Bertz CT molecular complexity index is 1490. The maximum Gasteiger partial charge on any atom is 0.265 e. The third-order valence-corrected chi connectivity index (χ3v) is 8.05. The fraction of sp³-hybridized carbons (Fsp3) is 0.200. The second-order valence-electron chi connectivity index (χ2n) is 8.54. The third kappa shape index (κ3) is 4.50. The van der Waals surface area contributed by atoms with Gasteiger partial charge in [-0.2, -0.15) is 0 Å². The first-order valence-electron chi connectivity index (χ1n) is 11.1. The molecule has 10 heteroatoms. The number of carbonyl (C=O) groups is 1. The molecular weight excluding hydrogens is 488 g/mol. The van der Waals surface area contributed by atoms with Gasteiger partial charge in [0.25, 0.3) is 15.9 Å². The predicted molar refractivity (Wildman–Crippen MR) is 134 cm³/mol. The lowest BCUT2D eigenvalue weighted by molar-refractivity contribution is -0.0210. The molecule has 2 aromatic heterocycles. The lowest BCUT2D eigenvalue weighted by Crippen LogP contribution is -2.45. The van der Waals surface area contributed by atoms with Gasteiger partial charge in [-0.1, -0.05) is 29.8 Å². The lowest BCUT2D eigenvalue weighted by atomic mass is 9.84. The number of likely N-dealkylation sites (tertiary alicyclic amines) is 1. The van der Waals surface area contributed by atoms with E-state index in [0.717, 1.165) is 0 Å². The van der Waals surface area contributed by atoms with Crippen molar-refractivity contribution in [3.05, 3.63) is 89.2 Å². The normalized spacial score (nSPS) is 15.8. The van der Waals surface area contributed by atoms with Gasteiger partial charge < -0.3 is 15.0 Å². The number of carbonyl (C=O) groups excluding carboxylic acids is 1. The first kappa shape index (κ1) is 23.3. The Balaban J connectivity index is 1.26. The van der Waals surface area contributed by atoms with Crippen LogP contribution in [0.2, 0.25) is 5.02 Å². The molecule has 1 aliphatic heterocycles. The van der Waals surface area contributed by atoms with E-state index in [4.69, 9.17) is 11.6 Å². The maximum absolute atomic E-state index is 13.0. The van der Waals surface area contributed by atoms with Gasteiger partial charge in [0.1, 0.15) is 10.4 Å². The van der Waals surface area contributed by atoms with Gasteiger partial charge in [0.05, 0.1) is 11.1 Å². The number of aromatic amines is 1. The molecule has 5 rings (SSSR count). The molecular formula is C25H23ClN4O4S. The molecule has 1 amide bonds. The van der Waals surface area contributed by atoms with Gasteiger partial charge in [-0.25, -0.2) is 8.42 Å². The van der Waals surface area contributed by atoms with E-state index in [0.29, 0.717) is 58.8 Å². The number of rotatable bonds is 5. The summed E-state index contributed by atoms with van der Waals surface area (Å²) in [7, 11) is -3.87. The quantitative estimate of drug-likeness (QED) is 0.373. The van der Waals surface area contributed by atoms with Crippen molar-refractivity contribution in [1.82, 2.24) is 14.9 Å². The van der Waals surface area contributed by atoms with Gasteiger partial charge >= 0.3 is 0 Å². The number of H-pyrrole nitrogens is 1. The molecule has 180 valence electrons. The van der Waals surface area contributed by atoms with Crippen molar-refractivity contribution in [3.63, 3.8) is 0 Å². The molecule has 4 aromatic rings. The summed E-state index contributed by atoms with van der Waals surface area (Å²) in [6.07, 6.45) is 3.68. The van der Waals surface area contributed by atoms with E-state index in [1.165, 1.54) is 12.4 Å². The van der Waals surface area contributed by atoms with Crippen LogP contribution in [0.1, 0.15) is 28.8 Å². The summed E-state index contributed by atoms with van der Waals surface area (Å²) in [5, 5.41) is 11.6. The summed E-state index contributed by atoms with van der Waals surface area (Å²) in [6, 6.07) is 17.0. The van der Waals surface area contributed by atoms with Crippen molar-refractivity contribution >= 4 is 44.3 Å². The van der Waals surface area contributed by atoms with Crippen LogP contribution in [0.3, 0.4) is 0 Å². The highest BCUT2D eigenvalue weighted by Crippen LogP contribution is 2.37. The second-order valence-corrected chi connectivity index (χ2v) is 10.6. The molecule has 3 heterocycles. The van der Waals surface area contributed by atoms with Crippen LogP contribution in [0, 0.1) is 0 Å². The SMILES string of the molecule is O=C(c1ccc(NS(=O)(=O)c2c[nH]c3cccnc23)cc1)N1CCC(O)(c2ccccc2Cl)CC1. The van der Waals surface area contributed by atoms with Crippen molar-refractivity contribution in [1.29, 1.82) is 0 Å². The zero-order chi connectivity index (χ0) is 24.6. The van der Waals surface area contributed by atoms with Crippen LogP contribution >= 0.6 is 11.6 Å². The van der Waals surface area contributed by atoms with Crippen molar-refractivity contribution in [2.75, 3.05) is 17.8 Å². The van der Waals surface area contributed by atoms with Crippen molar-refractivity contribution in [3.8, 4) is 0 Å². The highest BCUT2D eigenvalue weighted by Gasteiger charge is 2.37. The Morgan fingerprint density at radius 3 is 2.49 bits per heavy atom. The molecule has 0 unspecified atom stereocenters. The molecule has 0 atom stereocenters. The molecule has 35 heavy (non-hydrogen) atoms. The smallest absolute Gasteiger partial charge is 0.265 e. The van der Waals surface area contributed by atoms with Crippen LogP contribution in [0.5, 0.6) is 0 Å². The lowest BCUT2D eigenvalue weighted by Gasteiger charge is -2.39. The summed E-state index contributed by atoms with van der Waals surface area (Å²) in [5.74, 6) is -0.179. The number of hydrogen-bond donors (Lipinski definition) is 3. The third-order valence-electron chi connectivity index (χ3n) is 6.33. The molecule has 0 saturated carbocycles. The molecule has 2 aromatic carbocycles. The van der Waals surface area contributed by atoms with Crippen molar-refractivity contribution in [2.45, 2.75) is 23.3 Å². The topological polar surface area (TPSA) is 115 Å². The molecule has 0 spiro atoms. The van der Waals surface area contributed by atoms with E-state index in [2.05, 4.69) is 14.7 Å². The fourth-order valence-electron chi connectivity index (χ4n) is 4.40. The Morgan fingerprint density at radius 1 is 1.06 bits per heavy atom. The first-order chi connectivity index (χ1) is 16.8. The maximum atomic E-state index is 13.0. The standard InChI is InChI=1S/C25H23ClN4O4S/c26-20-5-2-1-4-19(20)25(32)11-14-30(15-12-25)24(31)17-7-9-18(10-8-17)29-35(33,34)22-16-28-21-6-3-13-27-23(21)22/h1-10,13,16,28-29,32H,11-12,14-15H2. The number of benzene rings is 2. The molecule has 3 N–H and O–H groups in total. The number of nitrogens with one attached hydrogen (secondary N) is 2. The number of nitrogens with zero attached hydrogens (tertiary/aromatic N) is 2. The fourth-order valence-corrected chi connectivity index (χ4v) is 5.90. The molecule has 1 aliphatic rings. The van der Waals surface area contributed by atoms with Crippen LogP contribution in [0.25, 0.3) is 11.0 Å². The van der Waals surface area contributed by atoms with E-state index in [1.807, 2.05) is 18.2 Å². The number of anilines is 1. The van der Waals surface area contributed by atoms with Gasteiger partial charge in [0.2, 0.25) is 0 Å². The minimum absolute atomic E-state index is 0.0487. The minimum Gasteiger partial charge on any atom is -0.385 e. The van der Waals surface area contributed by atoms with E-state index in [9.17, 15) is 18.3 Å². The number of halogens is 1. The number of aromatic nitrogens is 2. The molecule has 0 bridgehead atoms. The van der Waals surface area contributed by atoms with Crippen LogP contribution in [0.4, 0.5) is 5.69 Å². The second kappa shape index (κ2) is 8.99. The van der Waals surface area contributed by atoms with Crippen molar-refractivity contribution < 1.29 is 18.3 Å². The van der Waals surface area contributed by atoms with Crippen LogP contribution in [-0.4, -0.2) is 47.4 Å². The van der Waals surface area contributed by atoms with Gasteiger partial charge in [-0.3, -0.25) is 14.5 Å². The summed E-state index contributed by atoms with van der Waals surface area (Å²) in [6.45, 7) is 0.755. The van der Waals surface area contributed by atoms with E-state index in [1.54, 1.807) is 47.4 Å². The highest BCUT2D eigenvalue weighted by molar-refractivity contribution is 7.93. The van der Waals surface area contributed by atoms with Gasteiger partial charge in [0, 0.05) is 47.3 Å². The predicted octanol–water partition coefficient (Wildman–Crippen LogP) is 4.14. The van der Waals surface area contributed by atoms with Crippen LogP contribution in [-0.2, 0) is 15.6 Å². The first-order valence-corrected chi connectivity index (χ1v) is 12.9. The average molecular weight is 511 g/mol. The summed E-state index contributed by atoms with van der Waals surface area (Å²) in [4.78, 5) is 21.8. The Morgan fingerprint density at radius 2 is 1.77 bits per heavy atom. The number of sulfonamides is 1. The zero-order valence-electron chi connectivity index (χ0n) is 18.6. The number of fused-ring (bicyclic) bond motifs is 1. The Kier molecular flexibility index (Phi) is 6.00. The number of aliphatic hydroxyl groups is 1. The monoisotopic (exact) mass is 510 g/mol. The zero-order valence-corrected chi connectivity index (χ0v) is 20.2. The van der Waals surface area contributed by atoms with Crippen LogP contribution < -0.4 is 4.72 Å². The average Bonchev–Trinajstić information content (AvgIpc) is 3.30.